The molecule has 0 radical (unpaired) electrons. The van der Waals surface area contributed by atoms with Gasteiger partial charge in [-0.1, -0.05) is 0 Å². The molecule has 0 atom stereocenters. The highest BCUT2D eigenvalue weighted by Gasteiger charge is 2.32. The van der Waals surface area contributed by atoms with Crippen molar-refractivity contribution in [2.45, 2.75) is 20.2 Å². The van der Waals surface area contributed by atoms with Gasteiger partial charge in [0.1, 0.15) is 11.8 Å². The summed E-state index contributed by atoms with van der Waals surface area (Å²) in [5.74, 6) is -0.784. The zero-order valence-electron chi connectivity index (χ0n) is 17.4. The number of rotatable bonds is 6. The number of aromatic nitrogens is 3. The van der Waals surface area contributed by atoms with Crippen LogP contribution in [0.4, 0.5) is 18.9 Å². The number of nitriles is 1. The van der Waals surface area contributed by atoms with Gasteiger partial charge in [0.15, 0.2) is 5.75 Å². The summed E-state index contributed by atoms with van der Waals surface area (Å²) in [5, 5.41) is 9.08. The Kier molecular flexibility index (Phi) is 6.41. The van der Waals surface area contributed by atoms with Gasteiger partial charge in [-0.2, -0.15) is 5.26 Å². The van der Waals surface area contributed by atoms with Crippen molar-refractivity contribution < 1.29 is 31.1 Å². The molecule has 0 aliphatic carbocycles. The molecular weight excluding hydrogens is 463 g/mol. The second-order valence-corrected chi connectivity index (χ2v) is 8.59. The smallest absolute Gasteiger partial charge is 0.435 e. The van der Waals surface area contributed by atoms with Gasteiger partial charge in [0.25, 0.3) is 0 Å². The van der Waals surface area contributed by atoms with Crippen molar-refractivity contribution in [1.29, 1.82) is 5.26 Å². The molecular formula is C20H16F3N5O4S. The number of nitrogens with one attached hydrogen (secondary N) is 1. The zero-order valence-corrected chi connectivity index (χ0v) is 18.2. The molecule has 0 bridgehead atoms. The molecule has 0 saturated heterocycles. The lowest BCUT2D eigenvalue weighted by atomic mass is 10.1. The molecule has 0 aliphatic heterocycles. The number of nitrogens with zero attached hydrogens (tertiary/aromatic N) is 4. The number of hydrogen-bond acceptors (Lipinski definition) is 8. The number of aryl methyl sites for hydroxylation is 2. The molecule has 0 fully saturated rings. The molecule has 3 heterocycles. The summed E-state index contributed by atoms with van der Waals surface area (Å²) in [6, 6.07) is 7.42. The van der Waals surface area contributed by atoms with Gasteiger partial charge in [0, 0.05) is 24.0 Å². The average molecular weight is 479 g/mol. The summed E-state index contributed by atoms with van der Waals surface area (Å²) in [5.41, 5.74) is 1.35. The first-order valence-electron chi connectivity index (χ1n) is 9.11. The fourth-order valence-corrected chi connectivity index (χ4v) is 3.36. The topological polar surface area (TPSA) is 127 Å². The van der Waals surface area contributed by atoms with E-state index in [0.717, 1.165) is 12.3 Å². The van der Waals surface area contributed by atoms with Gasteiger partial charge in [0.05, 0.1) is 23.2 Å². The summed E-state index contributed by atoms with van der Waals surface area (Å²) in [6.45, 7) is 2.88. The quantitative estimate of drug-likeness (QED) is 0.560. The van der Waals surface area contributed by atoms with Crippen LogP contribution in [-0.4, -0.2) is 36.0 Å². The van der Waals surface area contributed by atoms with Crippen LogP contribution in [0.15, 0.2) is 36.7 Å². The van der Waals surface area contributed by atoms with Crippen LogP contribution in [0, 0.1) is 25.2 Å². The number of sulfonamides is 1. The number of alkyl halides is 3. The van der Waals surface area contributed by atoms with E-state index in [-0.39, 0.29) is 34.1 Å². The fraction of sp³-hybridized carbons (Fsp3) is 0.200. The monoisotopic (exact) mass is 479 g/mol. The summed E-state index contributed by atoms with van der Waals surface area (Å²) in [4.78, 5) is 12.0. The Bertz CT molecular complexity index is 1330. The van der Waals surface area contributed by atoms with Crippen LogP contribution in [0.25, 0.3) is 11.3 Å². The minimum Gasteiger partial charge on any atom is -0.435 e. The maximum atomic E-state index is 12.5. The van der Waals surface area contributed by atoms with E-state index in [0.29, 0.717) is 11.3 Å². The van der Waals surface area contributed by atoms with Crippen LogP contribution >= 0.6 is 0 Å². The van der Waals surface area contributed by atoms with Crippen LogP contribution in [0.1, 0.15) is 16.8 Å². The van der Waals surface area contributed by atoms with Gasteiger partial charge < -0.3 is 9.47 Å². The Labute approximate surface area is 186 Å². The molecule has 13 heteroatoms. The van der Waals surface area contributed by atoms with E-state index >= 15 is 0 Å². The molecule has 0 spiro atoms. The Hall–Kier alpha value is -3.92. The lowest BCUT2D eigenvalue weighted by molar-refractivity contribution is -0.276. The third-order valence-electron chi connectivity index (χ3n) is 4.04. The molecule has 0 saturated carbocycles. The minimum absolute atomic E-state index is 0.0138. The Morgan fingerprint density at radius 3 is 2.45 bits per heavy atom. The van der Waals surface area contributed by atoms with E-state index in [1.165, 1.54) is 44.4 Å². The van der Waals surface area contributed by atoms with Crippen molar-refractivity contribution in [3.05, 3.63) is 53.5 Å². The molecule has 172 valence electrons. The van der Waals surface area contributed by atoms with Crippen molar-refractivity contribution in [3.8, 4) is 34.8 Å². The summed E-state index contributed by atoms with van der Waals surface area (Å²) >= 11 is 0. The number of halogens is 3. The van der Waals surface area contributed by atoms with E-state index in [4.69, 9.17) is 10.00 Å². The lowest BCUT2D eigenvalue weighted by Gasteiger charge is -2.16. The summed E-state index contributed by atoms with van der Waals surface area (Å²) in [6.07, 6.45) is -1.16. The van der Waals surface area contributed by atoms with E-state index in [1.807, 2.05) is 6.07 Å². The highest BCUT2D eigenvalue weighted by atomic mass is 32.2. The zero-order chi connectivity index (χ0) is 24.4. The Morgan fingerprint density at radius 2 is 1.85 bits per heavy atom. The normalized spacial score (nSPS) is 11.5. The van der Waals surface area contributed by atoms with Crippen LogP contribution in [0.5, 0.6) is 17.5 Å². The van der Waals surface area contributed by atoms with Crippen LogP contribution in [0.3, 0.4) is 0 Å². The average Bonchev–Trinajstić information content (AvgIpc) is 2.69. The third kappa shape index (κ3) is 6.30. The van der Waals surface area contributed by atoms with Gasteiger partial charge in [0.2, 0.25) is 21.8 Å². The molecule has 3 aromatic heterocycles. The molecule has 0 aliphatic rings. The molecule has 0 amide bonds. The number of ether oxygens (including phenoxy) is 2. The molecule has 3 rings (SSSR count). The van der Waals surface area contributed by atoms with Gasteiger partial charge in [-0.3, -0.25) is 9.71 Å². The largest absolute Gasteiger partial charge is 0.574 e. The molecule has 9 nitrogen and oxygen atoms in total. The first-order chi connectivity index (χ1) is 15.3. The van der Waals surface area contributed by atoms with Crippen LogP contribution < -0.4 is 14.2 Å². The van der Waals surface area contributed by atoms with E-state index in [2.05, 4.69) is 24.4 Å². The molecule has 3 aromatic rings. The second-order valence-electron chi connectivity index (χ2n) is 6.84. The number of anilines is 1. The van der Waals surface area contributed by atoms with E-state index < -0.39 is 22.3 Å². The van der Waals surface area contributed by atoms with Crippen molar-refractivity contribution in [2.75, 3.05) is 11.0 Å². The maximum Gasteiger partial charge on any atom is 0.574 e. The predicted molar refractivity (Wildman–Crippen MR) is 111 cm³/mol. The Balaban J connectivity index is 2.07. The Morgan fingerprint density at radius 1 is 1.12 bits per heavy atom. The predicted octanol–water partition coefficient (Wildman–Crippen LogP) is 4.09. The van der Waals surface area contributed by atoms with Crippen molar-refractivity contribution in [3.63, 3.8) is 0 Å². The lowest BCUT2D eigenvalue weighted by Crippen LogP contribution is -2.18. The molecule has 33 heavy (non-hydrogen) atoms. The number of hydrogen-bond donors (Lipinski definition) is 1. The standard InChI is InChI=1S/C20H16F3N5O4S/c1-11-6-17(32-20(21,22)23)26-12(2)18(11)31-19-16(28-33(3,29)30)5-4-15(27-19)14-7-13(8-24)9-25-10-14/h4-7,9-10,28H,1-3H3. The van der Waals surface area contributed by atoms with E-state index in [9.17, 15) is 21.6 Å². The van der Waals surface area contributed by atoms with Gasteiger partial charge in [-0.25, -0.2) is 18.4 Å². The van der Waals surface area contributed by atoms with Gasteiger partial charge >= 0.3 is 6.36 Å². The molecule has 0 unspecified atom stereocenters. The van der Waals surface area contributed by atoms with Crippen molar-refractivity contribution >= 4 is 15.7 Å². The van der Waals surface area contributed by atoms with E-state index in [1.54, 1.807) is 0 Å². The highest BCUT2D eigenvalue weighted by molar-refractivity contribution is 7.92. The summed E-state index contributed by atoms with van der Waals surface area (Å²) < 4.78 is 73.1. The summed E-state index contributed by atoms with van der Waals surface area (Å²) in [7, 11) is -3.71. The molecule has 1 N–H and O–H groups in total. The van der Waals surface area contributed by atoms with Gasteiger partial charge in [-0.05, 0) is 37.6 Å². The fourth-order valence-electron chi connectivity index (χ4n) is 2.80. The van der Waals surface area contributed by atoms with Crippen molar-refractivity contribution in [2.24, 2.45) is 0 Å². The maximum absolute atomic E-state index is 12.5. The van der Waals surface area contributed by atoms with Gasteiger partial charge in [-0.15, -0.1) is 13.2 Å². The minimum atomic E-state index is -4.91. The first-order valence-corrected chi connectivity index (χ1v) is 11.0. The van der Waals surface area contributed by atoms with Crippen molar-refractivity contribution in [1.82, 2.24) is 15.0 Å². The highest BCUT2D eigenvalue weighted by Crippen LogP contribution is 2.36. The third-order valence-corrected chi connectivity index (χ3v) is 4.63. The van der Waals surface area contributed by atoms with Crippen LogP contribution in [0.2, 0.25) is 0 Å². The first kappa shape index (κ1) is 23.7. The van der Waals surface area contributed by atoms with Crippen LogP contribution in [-0.2, 0) is 10.0 Å². The SMILES string of the molecule is Cc1cc(OC(F)(F)F)nc(C)c1Oc1nc(-c2cncc(C#N)c2)ccc1NS(C)(=O)=O. The second kappa shape index (κ2) is 8.91. The molecule has 0 aromatic carbocycles. The number of pyridine rings is 3.